The van der Waals surface area contributed by atoms with Crippen molar-refractivity contribution in [1.29, 1.82) is 0 Å². The van der Waals surface area contributed by atoms with E-state index >= 15 is 0 Å². The molecule has 4 aromatic rings. The van der Waals surface area contributed by atoms with Gasteiger partial charge in [-0.05, 0) is 24.3 Å². The Balaban J connectivity index is 1.64. The van der Waals surface area contributed by atoms with Crippen molar-refractivity contribution in [3.63, 3.8) is 0 Å². The Morgan fingerprint density at radius 3 is 2.45 bits per heavy atom. The number of hydrogen-bond acceptors (Lipinski definition) is 9. The van der Waals surface area contributed by atoms with Gasteiger partial charge in [0.25, 0.3) is 0 Å². The highest BCUT2D eigenvalue weighted by atomic mass is 32.2. The Morgan fingerprint density at radius 2 is 1.77 bits per heavy atom. The zero-order chi connectivity index (χ0) is 22.2. The van der Waals surface area contributed by atoms with Crippen LogP contribution in [0.25, 0.3) is 10.3 Å². The molecular weight excluding hydrogens is 453 g/mol. The van der Waals surface area contributed by atoms with Gasteiger partial charge in [0.15, 0.2) is 25.6 Å². The third-order valence-corrected chi connectivity index (χ3v) is 6.07. The molecular formula is C18H13F3N6O2S2. The van der Waals surface area contributed by atoms with Crippen LogP contribution in [0.2, 0.25) is 0 Å². The Kier molecular flexibility index (Phi) is 5.23. The highest BCUT2D eigenvalue weighted by molar-refractivity contribution is 7.90. The smallest absolute Gasteiger partial charge is 0.337 e. The lowest BCUT2D eigenvalue weighted by Crippen LogP contribution is -2.07. The highest BCUT2D eigenvalue weighted by Crippen LogP contribution is 2.33. The first-order chi connectivity index (χ1) is 14.6. The summed E-state index contributed by atoms with van der Waals surface area (Å²) < 4.78 is 62.0. The van der Waals surface area contributed by atoms with Gasteiger partial charge in [-0.3, -0.25) is 0 Å². The van der Waals surface area contributed by atoms with Crippen LogP contribution in [0.15, 0.2) is 53.8 Å². The summed E-state index contributed by atoms with van der Waals surface area (Å²) in [6.07, 6.45) is -1.09. The number of hydrogen-bond donors (Lipinski definition) is 2. The summed E-state index contributed by atoms with van der Waals surface area (Å²) in [5.74, 6) is 0.271. The van der Waals surface area contributed by atoms with Crippen LogP contribution in [0.3, 0.4) is 0 Å². The third-order valence-electron chi connectivity index (χ3n) is 4.04. The first kappa shape index (κ1) is 20.9. The molecule has 0 saturated carbocycles. The maximum atomic E-state index is 12.7. The van der Waals surface area contributed by atoms with Crippen LogP contribution in [0.1, 0.15) is 5.69 Å². The molecule has 0 aliphatic rings. The molecule has 3 heterocycles. The van der Waals surface area contributed by atoms with Crippen molar-refractivity contribution in [2.24, 2.45) is 0 Å². The van der Waals surface area contributed by atoms with E-state index in [9.17, 15) is 21.6 Å². The van der Waals surface area contributed by atoms with Gasteiger partial charge in [0.1, 0.15) is 17.5 Å². The van der Waals surface area contributed by atoms with E-state index in [-0.39, 0.29) is 16.4 Å². The van der Waals surface area contributed by atoms with Gasteiger partial charge in [-0.15, -0.1) is 0 Å². The fourth-order valence-electron chi connectivity index (χ4n) is 2.68. The minimum Gasteiger partial charge on any atom is -0.337 e. The lowest BCUT2D eigenvalue weighted by molar-refractivity contribution is -0.141. The standard InChI is InChI=1S/C18H13F3N6O2S2/c1-31(28,29)12-5-3-2-4-11(12)26-17-27-14-15(23-9-24-16(14)30-17)25-10-6-7-13(22-8-10)18(19,20)21/h2-9H,1H3,(H,26,27)(H,23,24,25). The normalized spacial score (nSPS) is 12.1. The van der Waals surface area contributed by atoms with E-state index < -0.39 is 21.7 Å². The lowest BCUT2D eigenvalue weighted by Gasteiger charge is -2.08. The Bertz CT molecular complexity index is 1350. The summed E-state index contributed by atoms with van der Waals surface area (Å²) in [5.41, 5.74) is 0.0127. The van der Waals surface area contributed by atoms with Gasteiger partial charge in [0.05, 0.1) is 22.5 Å². The first-order valence-corrected chi connectivity index (χ1v) is 11.3. The number of fused-ring (bicyclic) bond motifs is 1. The molecule has 8 nitrogen and oxygen atoms in total. The molecule has 2 N–H and O–H groups in total. The number of nitrogens with one attached hydrogen (secondary N) is 2. The molecule has 13 heteroatoms. The Morgan fingerprint density at radius 1 is 1.00 bits per heavy atom. The molecule has 1 aromatic carbocycles. The van der Waals surface area contributed by atoms with Crippen molar-refractivity contribution in [3.05, 3.63) is 54.6 Å². The summed E-state index contributed by atoms with van der Waals surface area (Å²) in [6, 6.07) is 8.49. The Labute approximate surface area is 178 Å². The maximum Gasteiger partial charge on any atom is 0.433 e. The number of thiazole rings is 1. The number of anilines is 4. The zero-order valence-corrected chi connectivity index (χ0v) is 17.3. The number of alkyl halides is 3. The zero-order valence-electron chi connectivity index (χ0n) is 15.7. The molecule has 3 aromatic heterocycles. The number of rotatable bonds is 5. The van der Waals surface area contributed by atoms with Gasteiger partial charge < -0.3 is 10.6 Å². The monoisotopic (exact) mass is 466 g/mol. The second-order valence-electron chi connectivity index (χ2n) is 6.34. The molecule has 0 aliphatic carbocycles. The van der Waals surface area contributed by atoms with Crippen molar-refractivity contribution in [3.8, 4) is 0 Å². The van der Waals surface area contributed by atoms with E-state index in [1.807, 2.05) is 0 Å². The van der Waals surface area contributed by atoms with Gasteiger partial charge in [0.2, 0.25) is 0 Å². The average molecular weight is 466 g/mol. The van der Waals surface area contributed by atoms with Gasteiger partial charge in [-0.1, -0.05) is 23.5 Å². The molecule has 0 aliphatic heterocycles. The third kappa shape index (κ3) is 4.56. The molecule has 0 atom stereocenters. The molecule has 0 unspecified atom stereocenters. The van der Waals surface area contributed by atoms with E-state index in [2.05, 4.69) is 30.6 Å². The predicted molar refractivity (Wildman–Crippen MR) is 111 cm³/mol. The van der Waals surface area contributed by atoms with Crippen LogP contribution in [-0.4, -0.2) is 34.6 Å². The minimum atomic E-state index is -4.53. The molecule has 0 fully saturated rings. The number of para-hydroxylation sites is 1. The van der Waals surface area contributed by atoms with Gasteiger partial charge >= 0.3 is 6.18 Å². The number of halogens is 3. The lowest BCUT2D eigenvalue weighted by atomic mass is 10.3. The molecule has 31 heavy (non-hydrogen) atoms. The molecule has 0 bridgehead atoms. The number of nitrogens with zero attached hydrogens (tertiary/aromatic N) is 4. The van der Waals surface area contributed by atoms with E-state index in [1.54, 1.807) is 18.2 Å². The summed E-state index contributed by atoms with van der Waals surface area (Å²) >= 11 is 1.17. The van der Waals surface area contributed by atoms with E-state index in [1.165, 1.54) is 29.8 Å². The maximum absolute atomic E-state index is 12.7. The number of pyridine rings is 1. The van der Waals surface area contributed by atoms with Crippen LogP contribution in [0, 0.1) is 0 Å². The van der Waals surface area contributed by atoms with Crippen LogP contribution in [-0.2, 0) is 16.0 Å². The Hall–Kier alpha value is -3.32. The van der Waals surface area contributed by atoms with Crippen molar-refractivity contribution in [2.75, 3.05) is 16.9 Å². The second kappa shape index (κ2) is 7.74. The number of aromatic nitrogens is 4. The predicted octanol–water partition coefficient (Wildman–Crippen LogP) is 4.39. The van der Waals surface area contributed by atoms with E-state index in [0.717, 1.165) is 18.5 Å². The first-order valence-electron chi connectivity index (χ1n) is 8.59. The molecule has 4 rings (SSSR count). The molecule has 160 valence electrons. The van der Waals surface area contributed by atoms with E-state index in [0.29, 0.717) is 21.2 Å². The number of benzene rings is 1. The molecule has 0 amide bonds. The van der Waals surface area contributed by atoms with Crippen LogP contribution < -0.4 is 10.6 Å². The largest absolute Gasteiger partial charge is 0.433 e. The van der Waals surface area contributed by atoms with Gasteiger partial charge in [0, 0.05) is 6.26 Å². The van der Waals surface area contributed by atoms with E-state index in [4.69, 9.17) is 0 Å². The van der Waals surface area contributed by atoms with Gasteiger partial charge in [-0.25, -0.2) is 28.4 Å². The van der Waals surface area contributed by atoms with Gasteiger partial charge in [-0.2, -0.15) is 13.2 Å². The van der Waals surface area contributed by atoms with Crippen molar-refractivity contribution in [1.82, 2.24) is 19.9 Å². The number of sulfone groups is 1. The summed E-state index contributed by atoms with van der Waals surface area (Å²) in [6.45, 7) is 0. The average Bonchev–Trinajstić information content (AvgIpc) is 3.11. The van der Waals surface area contributed by atoms with Crippen molar-refractivity contribution < 1.29 is 21.6 Å². The summed E-state index contributed by atoms with van der Waals surface area (Å²) in [7, 11) is -3.46. The summed E-state index contributed by atoms with van der Waals surface area (Å²) in [4.78, 5) is 16.7. The fourth-order valence-corrected chi connectivity index (χ4v) is 4.34. The fraction of sp³-hybridized carbons (Fsp3) is 0.111. The summed E-state index contributed by atoms with van der Waals surface area (Å²) in [5, 5.41) is 6.23. The van der Waals surface area contributed by atoms with Crippen LogP contribution in [0.5, 0.6) is 0 Å². The second-order valence-corrected chi connectivity index (χ2v) is 9.30. The quantitative estimate of drug-likeness (QED) is 0.446. The SMILES string of the molecule is CS(=O)(=O)c1ccccc1Nc1nc2c(Nc3ccc(C(F)(F)F)nc3)ncnc2s1. The highest BCUT2D eigenvalue weighted by Gasteiger charge is 2.32. The van der Waals surface area contributed by atoms with Crippen molar-refractivity contribution in [2.45, 2.75) is 11.1 Å². The van der Waals surface area contributed by atoms with Crippen LogP contribution in [0.4, 0.5) is 35.5 Å². The minimum absolute atomic E-state index is 0.120. The molecule has 0 saturated heterocycles. The molecule has 0 spiro atoms. The van der Waals surface area contributed by atoms with Crippen molar-refractivity contribution >= 4 is 53.8 Å². The molecule has 0 radical (unpaired) electrons. The topological polar surface area (TPSA) is 110 Å². The van der Waals surface area contributed by atoms with Crippen LogP contribution >= 0.6 is 11.3 Å².